The third-order valence-electron chi connectivity index (χ3n) is 2.83. The van der Waals surface area contributed by atoms with Crippen molar-refractivity contribution in [2.75, 3.05) is 23.8 Å². The van der Waals surface area contributed by atoms with E-state index in [1.54, 1.807) is 6.07 Å². The van der Waals surface area contributed by atoms with Gasteiger partial charge >= 0.3 is 0 Å². The van der Waals surface area contributed by atoms with Gasteiger partial charge in [-0.15, -0.1) is 0 Å². The highest BCUT2D eigenvalue weighted by molar-refractivity contribution is 9.10. The number of aromatic nitrogens is 2. The summed E-state index contributed by atoms with van der Waals surface area (Å²) >= 11 is 3.50. The molecule has 0 amide bonds. The molecular formula is C14H16BrFN4. The van der Waals surface area contributed by atoms with Gasteiger partial charge in [0.25, 0.3) is 0 Å². The molecule has 2 rings (SSSR count). The van der Waals surface area contributed by atoms with Crippen LogP contribution in [0.15, 0.2) is 35.1 Å². The predicted molar refractivity (Wildman–Crippen MR) is 83.0 cm³/mol. The van der Waals surface area contributed by atoms with Crippen LogP contribution in [-0.2, 0) is 0 Å². The number of hydrogen-bond acceptors (Lipinski definition) is 4. The molecule has 0 atom stereocenters. The van der Waals surface area contributed by atoms with Crippen LogP contribution < -0.4 is 10.2 Å². The molecule has 0 saturated carbocycles. The lowest BCUT2D eigenvalue weighted by Gasteiger charge is -2.20. The highest BCUT2D eigenvalue weighted by atomic mass is 79.9. The minimum absolute atomic E-state index is 0.274. The maximum absolute atomic E-state index is 13.3. The van der Waals surface area contributed by atoms with Gasteiger partial charge in [-0.05, 0) is 40.5 Å². The first-order chi connectivity index (χ1) is 9.63. The number of halogens is 2. The quantitative estimate of drug-likeness (QED) is 0.895. The molecule has 0 fully saturated rings. The number of anilines is 3. The van der Waals surface area contributed by atoms with Gasteiger partial charge in [-0.1, -0.05) is 13.0 Å². The van der Waals surface area contributed by atoms with Crippen molar-refractivity contribution < 1.29 is 4.39 Å². The van der Waals surface area contributed by atoms with Gasteiger partial charge in [-0.25, -0.2) is 14.4 Å². The summed E-state index contributed by atoms with van der Waals surface area (Å²) in [5, 5.41) is 3.22. The van der Waals surface area contributed by atoms with Crippen molar-refractivity contribution in [3.05, 3.63) is 40.9 Å². The molecule has 1 aromatic carbocycles. The van der Waals surface area contributed by atoms with E-state index in [1.165, 1.54) is 18.5 Å². The van der Waals surface area contributed by atoms with Crippen LogP contribution in [0.3, 0.4) is 0 Å². The standard InChI is InChI=1S/C14H16BrFN4/c1-3-7-17-13-12(15)14(19-9-18-13)20(2)11-6-4-5-10(16)8-11/h4-6,8-9H,3,7H2,1-2H3,(H,17,18,19). The Bertz CT molecular complexity index is 591. The van der Waals surface area contributed by atoms with E-state index in [0.29, 0.717) is 5.82 Å². The molecular weight excluding hydrogens is 323 g/mol. The lowest BCUT2D eigenvalue weighted by Crippen LogP contribution is -2.14. The Morgan fingerprint density at radius 1 is 1.35 bits per heavy atom. The Kier molecular flexibility index (Phi) is 4.89. The molecule has 0 aliphatic rings. The van der Waals surface area contributed by atoms with Crippen LogP contribution in [0.4, 0.5) is 21.7 Å². The van der Waals surface area contributed by atoms with Gasteiger partial charge < -0.3 is 10.2 Å². The monoisotopic (exact) mass is 338 g/mol. The largest absolute Gasteiger partial charge is 0.369 e. The molecule has 6 heteroatoms. The van der Waals surface area contributed by atoms with E-state index in [0.717, 1.165) is 28.9 Å². The smallest absolute Gasteiger partial charge is 0.152 e. The molecule has 0 saturated heterocycles. The maximum Gasteiger partial charge on any atom is 0.152 e. The third-order valence-corrected chi connectivity index (χ3v) is 3.56. The number of benzene rings is 1. The highest BCUT2D eigenvalue weighted by Crippen LogP contribution is 2.32. The van der Waals surface area contributed by atoms with Crippen LogP contribution in [0, 0.1) is 5.82 Å². The summed E-state index contributed by atoms with van der Waals surface area (Å²) < 4.78 is 14.1. The molecule has 0 aliphatic heterocycles. The van der Waals surface area contributed by atoms with E-state index in [9.17, 15) is 4.39 Å². The normalized spacial score (nSPS) is 10.4. The summed E-state index contributed by atoms with van der Waals surface area (Å²) in [4.78, 5) is 10.3. The molecule has 4 nitrogen and oxygen atoms in total. The molecule has 0 aliphatic carbocycles. The van der Waals surface area contributed by atoms with Gasteiger partial charge in [0.2, 0.25) is 0 Å². The van der Waals surface area contributed by atoms with Gasteiger partial charge in [-0.2, -0.15) is 0 Å². The molecule has 0 spiro atoms. The van der Waals surface area contributed by atoms with Crippen molar-refractivity contribution in [1.29, 1.82) is 0 Å². The number of rotatable bonds is 5. The van der Waals surface area contributed by atoms with Gasteiger partial charge in [0.05, 0.1) is 0 Å². The Morgan fingerprint density at radius 3 is 2.85 bits per heavy atom. The van der Waals surface area contributed by atoms with E-state index in [-0.39, 0.29) is 5.82 Å². The molecule has 106 valence electrons. The minimum Gasteiger partial charge on any atom is -0.369 e. The van der Waals surface area contributed by atoms with Crippen molar-refractivity contribution in [3.63, 3.8) is 0 Å². The molecule has 0 radical (unpaired) electrons. The molecule has 1 N–H and O–H groups in total. The van der Waals surface area contributed by atoms with Crippen LogP contribution in [-0.4, -0.2) is 23.6 Å². The lowest BCUT2D eigenvalue weighted by molar-refractivity contribution is 0.628. The highest BCUT2D eigenvalue weighted by Gasteiger charge is 2.14. The van der Waals surface area contributed by atoms with E-state index < -0.39 is 0 Å². The summed E-state index contributed by atoms with van der Waals surface area (Å²) in [6.45, 7) is 2.92. The van der Waals surface area contributed by atoms with Crippen molar-refractivity contribution in [1.82, 2.24) is 9.97 Å². The second-order valence-electron chi connectivity index (χ2n) is 4.33. The maximum atomic E-state index is 13.3. The molecule has 1 heterocycles. The van der Waals surface area contributed by atoms with E-state index in [1.807, 2.05) is 18.0 Å². The summed E-state index contributed by atoms with van der Waals surface area (Å²) in [5.41, 5.74) is 0.728. The molecule has 0 unspecified atom stereocenters. The SMILES string of the molecule is CCCNc1ncnc(N(C)c2cccc(F)c2)c1Br. The second-order valence-corrected chi connectivity index (χ2v) is 5.12. The van der Waals surface area contributed by atoms with Crippen molar-refractivity contribution in [2.45, 2.75) is 13.3 Å². The zero-order valence-electron chi connectivity index (χ0n) is 11.4. The number of hydrogen-bond donors (Lipinski definition) is 1. The summed E-state index contributed by atoms with van der Waals surface area (Å²) in [5.74, 6) is 1.15. The summed E-state index contributed by atoms with van der Waals surface area (Å²) in [6.07, 6.45) is 2.50. The van der Waals surface area contributed by atoms with E-state index in [4.69, 9.17) is 0 Å². The van der Waals surface area contributed by atoms with Crippen molar-refractivity contribution in [2.24, 2.45) is 0 Å². The predicted octanol–water partition coefficient (Wildman–Crippen LogP) is 3.97. The average Bonchev–Trinajstić information content (AvgIpc) is 2.45. The lowest BCUT2D eigenvalue weighted by atomic mass is 10.3. The fraction of sp³-hybridized carbons (Fsp3) is 0.286. The van der Waals surface area contributed by atoms with Crippen molar-refractivity contribution >= 4 is 33.3 Å². The van der Waals surface area contributed by atoms with Crippen LogP contribution >= 0.6 is 15.9 Å². The van der Waals surface area contributed by atoms with Gasteiger partial charge in [0.1, 0.15) is 22.4 Å². The van der Waals surface area contributed by atoms with Gasteiger partial charge in [0, 0.05) is 19.3 Å². The zero-order valence-corrected chi connectivity index (χ0v) is 13.0. The first-order valence-electron chi connectivity index (χ1n) is 6.37. The van der Waals surface area contributed by atoms with Crippen LogP contribution in [0.25, 0.3) is 0 Å². The fourth-order valence-electron chi connectivity index (χ4n) is 1.77. The second kappa shape index (κ2) is 6.65. The van der Waals surface area contributed by atoms with Crippen molar-refractivity contribution in [3.8, 4) is 0 Å². The molecule has 20 heavy (non-hydrogen) atoms. The summed E-state index contributed by atoms with van der Waals surface area (Å²) in [7, 11) is 1.84. The Labute approximate surface area is 126 Å². The Balaban J connectivity index is 2.32. The fourth-order valence-corrected chi connectivity index (χ4v) is 2.38. The average molecular weight is 339 g/mol. The Morgan fingerprint density at radius 2 is 2.15 bits per heavy atom. The topological polar surface area (TPSA) is 41.1 Å². The third kappa shape index (κ3) is 3.25. The van der Waals surface area contributed by atoms with Crippen LogP contribution in [0.1, 0.15) is 13.3 Å². The Hall–Kier alpha value is -1.69. The minimum atomic E-state index is -0.274. The number of nitrogens with zero attached hydrogens (tertiary/aromatic N) is 3. The van der Waals surface area contributed by atoms with Crippen LogP contribution in [0.5, 0.6) is 0 Å². The van der Waals surface area contributed by atoms with E-state index >= 15 is 0 Å². The van der Waals surface area contributed by atoms with Gasteiger partial charge in [-0.3, -0.25) is 0 Å². The summed E-state index contributed by atoms with van der Waals surface area (Å²) in [6, 6.07) is 6.39. The molecule has 1 aromatic heterocycles. The first-order valence-corrected chi connectivity index (χ1v) is 7.16. The molecule has 2 aromatic rings. The van der Waals surface area contributed by atoms with Gasteiger partial charge in [0.15, 0.2) is 5.82 Å². The first kappa shape index (κ1) is 14.7. The number of nitrogens with one attached hydrogen (secondary N) is 1. The molecule has 0 bridgehead atoms. The van der Waals surface area contributed by atoms with Crippen LogP contribution in [0.2, 0.25) is 0 Å². The zero-order chi connectivity index (χ0) is 14.5. The van der Waals surface area contributed by atoms with E-state index in [2.05, 4.69) is 38.1 Å².